The second-order valence-corrected chi connectivity index (χ2v) is 20.8. The molecule has 142 valence electrons. The standard InChI is InChI=1S/C20H42O2Si2/c1-16(2)24(17(3)4,18(5)6)22-15-20(14-21)13-11-10-12-19(20)23(7,8)9/h10,12,16-19,21H,11,13-15H2,1-9H3/t19-,20-/m1/s1. The molecule has 0 saturated heterocycles. The van der Waals surface area contributed by atoms with Gasteiger partial charge in [0.15, 0.2) is 8.32 Å². The average Bonchev–Trinajstić information content (AvgIpc) is 2.46. The number of aliphatic hydroxyl groups is 1. The zero-order valence-electron chi connectivity index (χ0n) is 17.6. The van der Waals surface area contributed by atoms with Crippen LogP contribution in [-0.2, 0) is 4.43 Å². The highest BCUT2D eigenvalue weighted by atomic mass is 28.4. The third kappa shape index (κ3) is 4.25. The van der Waals surface area contributed by atoms with Crippen LogP contribution >= 0.6 is 0 Å². The van der Waals surface area contributed by atoms with Crippen LogP contribution in [0.15, 0.2) is 12.2 Å². The molecular formula is C20H42O2Si2. The highest BCUT2D eigenvalue weighted by Gasteiger charge is 2.50. The lowest BCUT2D eigenvalue weighted by molar-refractivity contribution is 0.0485. The monoisotopic (exact) mass is 370 g/mol. The zero-order valence-corrected chi connectivity index (χ0v) is 19.6. The van der Waals surface area contributed by atoms with Gasteiger partial charge in [0, 0.05) is 12.0 Å². The summed E-state index contributed by atoms with van der Waals surface area (Å²) in [5.41, 5.74) is 2.21. The van der Waals surface area contributed by atoms with Gasteiger partial charge in [-0.25, -0.2) is 0 Å². The molecule has 0 spiro atoms. The van der Waals surface area contributed by atoms with E-state index in [1.165, 1.54) is 0 Å². The van der Waals surface area contributed by atoms with Crippen molar-refractivity contribution in [1.82, 2.24) is 0 Å². The second kappa shape index (κ2) is 8.19. The van der Waals surface area contributed by atoms with Gasteiger partial charge in [-0.15, -0.1) is 0 Å². The number of hydrogen-bond acceptors (Lipinski definition) is 2. The molecule has 1 aliphatic carbocycles. The van der Waals surface area contributed by atoms with E-state index in [0.29, 0.717) is 22.2 Å². The number of allylic oxidation sites excluding steroid dienone is 2. The lowest BCUT2D eigenvalue weighted by atomic mass is 9.78. The van der Waals surface area contributed by atoms with E-state index >= 15 is 0 Å². The Labute approximate surface area is 153 Å². The van der Waals surface area contributed by atoms with Crippen LogP contribution in [0.3, 0.4) is 0 Å². The van der Waals surface area contributed by atoms with Gasteiger partial charge >= 0.3 is 0 Å². The molecule has 1 rings (SSSR count). The molecule has 1 aliphatic rings. The molecule has 0 heterocycles. The van der Waals surface area contributed by atoms with Gasteiger partial charge in [-0.1, -0.05) is 73.3 Å². The number of rotatable bonds is 8. The molecule has 0 aromatic heterocycles. The van der Waals surface area contributed by atoms with Crippen molar-refractivity contribution < 1.29 is 9.53 Å². The van der Waals surface area contributed by atoms with Gasteiger partial charge in [0.1, 0.15) is 0 Å². The molecule has 0 amide bonds. The zero-order chi connectivity index (χ0) is 18.8. The first kappa shape index (κ1) is 22.1. The first-order chi connectivity index (χ1) is 10.9. The van der Waals surface area contributed by atoms with E-state index in [1.807, 2.05) is 0 Å². The van der Waals surface area contributed by atoms with Crippen LogP contribution in [0.2, 0.25) is 41.8 Å². The largest absolute Gasteiger partial charge is 0.415 e. The molecule has 0 aliphatic heterocycles. The Kier molecular flexibility index (Phi) is 7.56. The number of aliphatic hydroxyl groups excluding tert-OH is 1. The first-order valence-corrected chi connectivity index (χ1v) is 15.6. The van der Waals surface area contributed by atoms with E-state index in [1.54, 1.807) is 0 Å². The van der Waals surface area contributed by atoms with Crippen molar-refractivity contribution in [3.05, 3.63) is 12.2 Å². The normalized spacial score (nSPS) is 26.0. The van der Waals surface area contributed by atoms with Gasteiger partial charge < -0.3 is 9.53 Å². The molecule has 0 radical (unpaired) electrons. The molecule has 4 heteroatoms. The third-order valence-electron chi connectivity index (χ3n) is 6.36. The molecule has 0 aromatic carbocycles. The minimum atomic E-state index is -1.88. The molecule has 0 fully saturated rings. The van der Waals surface area contributed by atoms with Crippen LogP contribution < -0.4 is 0 Å². The van der Waals surface area contributed by atoms with E-state index in [9.17, 15) is 5.11 Å². The van der Waals surface area contributed by atoms with E-state index < -0.39 is 16.4 Å². The summed E-state index contributed by atoms with van der Waals surface area (Å²) in [7, 11) is -3.29. The minimum Gasteiger partial charge on any atom is -0.415 e. The van der Waals surface area contributed by atoms with Gasteiger partial charge in [0.2, 0.25) is 0 Å². The molecule has 0 aromatic rings. The first-order valence-electron chi connectivity index (χ1n) is 9.85. The highest BCUT2D eigenvalue weighted by molar-refractivity contribution is 6.78. The molecule has 0 bridgehead atoms. The second-order valence-electron chi connectivity index (χ2n) is 9.94. The minimum absolute atomic E-state index is 0.0733. The predicted molar refractivity (Wildman–Crippen MR) is 112 cm³/mol. The summed E-state index contributed by atoms with van der Waals surface area (Å²) in [6, 6.07) is 0. The quantitative estimate of drug-likeness (QED) is 0.406. The third-order valence-corrected chi connectivity index (χ3v) is 15.1. The molecule has 2 nitrogen and oxygen atoms in total. The van der Waals surface area contributed by atoms with Crippen molar-refractivity contribution in [2.75, 3.05) is 13.2 Å². The number of hydrogen-bond donors (Lipinski definition) is 1. The fourth-order valence-electron chi connectivity index (χ4n) is 5.32. The topological polar surface area (TPSA) is 29.5 Å². The predicted octanol–water partition coefficient (Wildman–Crippen LogP) is 6.22. The summed E-state index contributed by atoms with van der Waals surface area (Å²) in [6.07, 6.45) is 6.87. The average molecular weight is 371 g/mol. The fourth-order valence-corrected chi connectivity index (χ4v) is 13.7. The van der Waals surface area contributed by atoms with Crippen LogP contribution in [0.5, 0.6) is 0 Å². The lowest BCUT2D eigenvalue weighted by Crippen LogP contribution is -2.53. The Morgan fingerprint density at radius 2 is 1.54 bits per heavy atom. The van der Waals surface area contributed by atoms with Gasteiger partial charge in [-0.3, -0.25) is 0 Å². The summed E-state index contributed by atoms with van der Waals surface area (Å²) in [6.45, 7) is 22.3. The van der Waals surface area contributed by atoms with Gasteiger partial charge in [-0.2, -0.15) is 0 Å². The molecular weight excluding hydrogens is 328 g/mol. The van der Waals surface area contributed by atoms with Crippen molar-refractivity contribution in [3.63, 3.8) is 0 Å². The van der Waals surface area contributed by atoms with Crippen molar-refractivity contribution in [1.29, 1.82) is 0 Å². The highest BCUT2D eigenvalue weighted by Crippen LogP contribution is 2.50. The van der Waals surface area contributed by atoms with Crippen LogP contribution in [0.25, 0.3) is 0 Å². The molecule has 1 N–H and O–H groups in total. The van der Waals surface area contributed by atoms with E-state index in [-0.39, 0.29) is 12.0 Å². The van der Waals surface area contributed by atoms with Gasteiger partial charge in [-0.05, 0) is 35.0 Å². The fraction of sp³-hybridized carbons (Fsp3) is 0.900. The Morgan fingerprint density at radius 3 is 1.92 bits per heavy atom. The molecule has 2 atom stereocenters. The molecule has 24 heavy (non-hydrogen) atoms. The van der Waals surface area contributed by atoms with Crippen molar-refractivity contribution in [2.45, 2.75) is 96.2 Å². The van der Waals surface area contributed by atoms with E-state index in [0.717, 1.165) is 19.4 Å². The SMILES string of the molecule is CC(C)[Si](OC[C@]1(CO)CCC=C[C@H]1[Si](C)(C)C)(C(C)C)C(C)C. The Bertz CT molecular complexity index is 402. The van der Waals surface area contributed by atoms with Gasteiger partial charge in [0.05, 0.1) is 14.7 Å². The van der Waals surface area contributed by atoms with Crippen LogP contribution in [0, 0.1) is 5.41 Å². The maximum Gasteiger partial charge on any atom is 0.200 e. The smallest absolute Gasteiger partial charge is 0.200 e. The summed E-state index contributed by atoms with van der Waals surface area (Å²) in [4.78, 5) is 0. The van der Waals surface area contributed by atoms with Crippen molar-refractivity contribution in [2.24, 2.45) is 5.41 Å². The van der Waals surface area contributed by atoms with Crippen LogP contribution in [0.1, 0.15) is 54.4 Å². The van der Waals surface area contributed by atoms with E-state index in [2.05, 4.69) is 73.3 Å². The maximum atomic E-state index is 10.4. The summed E-state index contributed by atoms with van der Waals surface area (Å²) in [5.74, 6) is 0. The summed E-state index contributed by atoms with van der Waals surface area (Å²) in [5, 5.41) is 10.4. The lowest BCUT2D eigenvalue weighted by Gasteiger charge is -2.50. The van der Waals surface area contributed by atoms with Crippen LogP contribution in [-0.4, -0.2) is 34.7 Å². The van der Waals surface area contributed by atoms with Crippen molar-refractivity contribution in [3.8, 4) is 0 Å². The summed E-state index contributed by atoms with van der Waals surface area (Å²) < 4.78 is 6.94. The summed E-state index contributed by atoms with van der Waals surface area (Å²) >= 11 is 0. The Balaban J connectivity index is 3.16. The molecule has 0 saturated carbocycles. The Morgan fingerprint density at radius 1 is 1.04 bits per heavy atom. The van der Waals surface area contributed by atoms with Crippen molar-refractivity contribution >= 4 is 16.4 Å². The van der Waals surface area contributed by atoms with Crippen LogP contribution in [0.4, 0.5) is 0 Å². The Hall–Kier alpha value is 0.0938. The van der Waals surface area contributed by atoms with Gasteiger partial charge in [0.25, 0.3) is 0 Å². The maximum absolute atomic E-state index is 10.4. The van der Waals surface area contributed by atoms with E-state index in [4.69, 9.17) is 4.43 Å². The molecule has 0 unspecified atom stereocenters.